The van der Waals surface area contributed by atoms with E-state index in [1.807, 2.05) is 0 Å². The van der Waals surface area contributed by atoms with E-state index in [1.54, 1.807) is 32.0 Å². The van der Waals surface area contributed by atoms with Gasteiger partial charge in [-0.2, -0.15) is 0 Å². The fourth-order valence-electron chi connectivity index (χ4n) is 1.40. The predicted molar refractivity (Wildman–Crippen MR) is 82.6 cm³/mol. The summed E-state index contributed by atoms with van der Waals surface area (Å²) in [5.74, 6) is -1.28. The number of rotatable bonds is 4. The highest BCUT2D eigenvalue weighted by Crippen LogP contribution is 2.23. The Bertz CT molecular complexity index is 494. The van der Waals surface area contributed by atoms with E-state index in [2.05, 4.69) is 33.2 Å². The number of carboxylic acid groups (broad SMARTS) is 1. The van der Waals surface area contributed by atoms with Crippen LogP contribution in [0, 0.1) is 9.49 Å². The lowest BCUT2D eigenvalue weighted by Gasteiger charge is -2.18. The van der Waals surface area contributed by atoms with Crippen LogP contribution in [0.25, 0.3) is 0 Å². The van der Waals surface area contributed by atoms with Gasteiger partial charge in [0.05, 0.1) is 10.7 Å². The van der Waals surface area contributed by atoms with Gasteiger partial charge in [-0.3, -0.25) is 0 Å². The second-order valence-corrected chi connectivity index (χ2v) is 5.94. The van der Waals surface area contributed by atoms with E-state index in [9.17, 15) is 9.59 Å². The highest BCUT2D eigenvalue weighted by molar-refractivity contribution is 14.1. The summed E-state index contributed by atoms with van der Waals surface area (Å²) in [6, 6.07) is 3.62. The van der Waals surface area contributed by atoms with Crippen molar-refractivity contribution in [1.29, 1.82) is 0 Å². The number of anilines is 1. The zero-order chi connectivity index (χ0) is 14.6. The summed E-state index contributed by atoms with van der Waals surface area (Å²) in [5.41, 5.74) is 0.437. The maximum absolute atomic E-state index is 11.7. The lowest BCUT2D eigenvalue weighted by atomic mass is 10.1. The molecule has 0 aromatic heterocycles. The number of amides is 2. The molecular weight excluding hydrogens is 383 g/mol. The third-order valence-electron chi connectivity index (χ3n) is 2.40. The van der Waals surface area contributed by atoms with Crippen LogP contribution in [0.5, 0.6) is 0 Å². The number of benzene rings is 1. The Hall–Kier alpha value is -1.02. The Labute approximate surface area is 129 Å². The maximum atomic E-state index is 11.7. The molecule has 0 radical (unpaired) electrons. The van der Waals surface area contributed by atoms with Crippen molar-refractivity contribution in [3.63, 3.8) is 0 Å². The average Bonchev–Trinajstić information content (AvgIpc) is 2.29. The Balaban J connectivity index is 2.72. The summed E-state index contributed by atoms with van der Waals surface area (Å²) in [7, 11) is 0. The van der Waals surface area contributed by atoms with E-state index in [0.29, 0.717) is 10.7 Å². The number of carbonyl (C=O) groups excluding carboxylic acids is 1. The minimum atomic E-state index is -1.07. The molecule has 1 aromatic carbocycles. The number of hydrogen-bond donors (Lipinski definition) is 3. The van der Waals surface area contributed by atoms with Gasteiger partial charge in [0.15, 0.2) is 0 Å². The van der Waals surface area contributed by atoms with Gasteiger partial charge in [0.2, 0.25) is 0 Å². The van der Waals surface area contributed by atoms with Crippen molar-refractivity contribution in [2.24, 2.45) is 5.92 Å². The smallest absolute Gasteiger partial charge is 0.326 e. The number of carboxylic acids is 1. The van der Waals surface area contributed by atoms with Crippen molar-refractivity contribution < 1.29 is 14.7 Å². The number of halogens is 2. The number of aliphatic carboxylic acids is 1. The van der Waals surface area contributed by atoms with Crippen molar-refractivity contribution in [1.82, 2.24) is 5.32 Å². The molecule has 104 valence electrons. The van der Waals surface area contributed by atoms with Crippen LogP contribution in [0.1, 0.15) is 13.8 Å². The number of nitrogens with one attached hydrogen (secondary N) is 2. The first-order valence-electron chi connectivity index (χ1n) is 5.56. The van der Waals surface area contributed by atoms with Gasteiger partial charge >= 0.3 is 12.0 Å². The molecule has 0 fully saturated rings. The van der Waals surface area contributed by atoms with Crippen LogP contribution in [0.3, 0.4) is 0 Å². The third-order valence-corrected chi connectivity index (χ3v) is 3.38. The first-order valence-corrected chi connectivity index (χ1v) is 7.02. The molecule has 0 spiro atoms. The molecule has 0 saturated carbocycles. The predicted octanol–water partition coefficient (Wildman–Crippen LogP) is 3.18. The topological polar surface area (TPSA) is 78.4 Å². The summed E-state index contributed by atoms with van der Waals surface area (Å²) in [5, 5.41) is 14.3. The lowest BCUT2D eigenvalue weighted by molar-refractivity contribution is -0.140. The van der Waals surface area contributed by atoms with Crippen LogP contribution >= 0.6 is 34.2 Å². The number of hydrogen-bond acceptors (Lipinski definition) is 2. The van der Waals surface area contributed by atoms with Gasteiger partial charge in [0.25, 0.3) is 0 Å². The molecule has 0 aliphatic carbocycles. The van der Waals surface area contributed by atoms with Crippen molar-refractivity contribution in [2.45, 2.75) is 19.9 Å². The second-order valence-electron chi connectivity index (χ2n) is 4.28. The Kier molecular flexibility index (Phi) is 5.86. The van der Waals surface area contributed by atoms with Crippen LogP contribution in [0.4, 0.5) is 10.5 Å². The highest BCUT2D eigenvalue weighted by Gasteiger charge is 2.23. The highest BCUT2D eigenvalue weighted by atomic mass is 127. The van der Waals surface area contributed by atoms with Crippen LogP contribution in [0.2, 0.25) is 5.02 Å². The van der Waals surface area contributed by atoms with Gasteiger partial charge in [0, 0.05) is 3.57 Å². The maximum Gasteiger partial charge on any atom is 0.326 e. The summed E-state index contributed by atoms with van der Waals surface area (Å²) in [6.45, 7) is 3.44. The van der Waals surface area contributed by atoms with Gasteiger partial charge in [0.1, 0.15) is 6.04 Å². The second kappa shape index (κ2) is 6.95. The molecule has 2 amide bonds. The normalized spacial score (nSPS) is 12.1. The molecule has 0 saturated heterocycles. The van der Waals surface area contributed by atoms with Crippen molar-refractivity contribution in [3.05, 3.63) is 26.8 Å². The molecule has 1 rings (SSSR count). The summed E-state index contributed by atoms with van der Waals surface area (Å²) in [6.07, 6.45) is 0. The van der Waals surface area contributed by atoms with Crippen molar-refractivity contribution in [2.75, 3.05) is 5.32 Å². The van der Waals surface area contributed by atoms with E-state index >= 15 is 0 Å². The first kappa shape index (κ1) is 16.0. The van der Waals surface area contributed by atoms with Crippen LogP contribution in [-0.2, 0) is 4.79 Å². The SMILES string of the molecule is CC(C)[C@H](NC(=O)Nc1ccc(I)cc1Cl)C(=O)O. The minimum absolute atomic E-state index is 0.213. The number of carbonyl (C=O) groups is 2. The monoisotopic (exact) mass is 396 g/mol. The fraction of sp³-hybridized carbons (Fsp3) is 0.333. The lowest BCUT2D eigenvalue weighted by Crippen LogP contribution is -2.46. The van der Waals surface area contributed by atoms with E-state index in [0.717, 1.165) is 3.57 Å². The van der Waals surface area contributed by atoms with Crippen LogP contribution < -0.4 is 10.6 Å². The van der Waals surface area contributed by atoms with E-state index < -0.39 is 18.0 Å². The van der Waals surface area contributed by atoms with Crippen molar-refractivity contribution in [3.8, 4) is 0 Å². The average molecular weight is 397 g/mol. The van der Waals surface area contributed by atoms with Crippen molar-refractivity contribution >= 4 is 51.9 Å². The molecule has 1 aromatic rings. The Morgan fingerprint density at radius 3 is 2.47 bits per heavy atom. The third kappa shape index (κ3) is 4.87. The minimum Gasteiger partial charge on any atom is -0.480 e. The summed E-state index contributed by atoms with van der Waals surface area (Å²) < 4.78 is 0.944. The van der Waals surface area contributed by atoms with Gasteiger partial charge in [-0.05, 0) is 46.7 Å². The van der Waals surface area contributed by atoms with E-state index in [1.165, 1.54) is 0 Å². The number of urea groups is 1. The zero-order valence-electron chi connectivity index (χ0n) is 10.4. The Morgan fingerprint density at radius 2 is 2.00 bits per heavy atom. The Morgan fingerprint density at radius 1 is 1.37 bits per heavy atom. The molecule has 0 heterocycles. The molecule has 0 bridgehead atoms. The van der Waals surface area contributed by atoms with Gasteiger partial charge in [-0.15, -0.1) is 0 Å². The molecule has 0 aliphatic heterocycles. The molecule has 19 heavy (non-hydrogen) atoms. The first-order chi connectivity index (χ1) is 8.81. The van der Waals surface area contributed by atoms with Crippen LogP contribution in [-0.4, -0.2) is 23.1 Å². The molecule has 0 aliphatic rings. The van der Waals surface area contributed by atoms with Gasteiger partial charge in [-0.1, -0.05) is 25.4 Å². The molecule has 0 unspecified atom stereocenters. The van der Waals surface area contributed by atoms with Gasteiger partial charge in [-0.25, -0.2) is 9.59 Å². The molecule has 1 atom stereocenters. The van der Waals surface area contributed by atoms with Gasteiger partial charge < -0.3 is 15.7 Å². The summed E-state index contributed by atoms with van der Waals surface area (Å²) in [4.78, 5) is 22.7. The zero-order valence-corrected chi connectivity index (χ0v) is 13.3. The van der Waals surface area contributed by atoms with Crippen LogP contribution in [0.15, 0.2) is 18.2 Å². The van der Waals surface area contributed by atoms with E-state index in [4.69, 9.17) is 16.7 Å². The molecular formula is C12H14ClIN2O3. The molecule has 5 nitrogen and oxygen atoms in total. The molecule has 7 heteroatoms. The quantitative estimate of drug-likeness (QED) is 0.684. The summed E-state index contributed by atoms with van der Waals surface area (Å²) >= 11 is 8.07. The fourth-order valence-corrected chi connectivity index (χ4v) is 2.31. The molecule has 3 N–H and O–H groups in total. The standard InChI is InChI=1S/C12H14ClIN2O3/c1-6(2)10(11(17)18)16-12(19)15-9-4-3-7(14)5-8(9)13/h3-6,10H,1-2H3,(H,17,18)(H2,15,16,19)/t10-/m0/s1. The van der Waals surface area contributed by atoms with E-state index in [-0.39, 0.29) is 5.92 Å². The largest absolute Gasteiger partial charge is 0.480 e.